The van der Waals surface area contributed by atoms with Crippen molar-refractivity contribution in [2.45, 2.75) is 39.0 Å². The minimum absolute atomic E-state index is 0.0303. The summed E-state index contributed by atoms with van der Waals surface area (Å²) in [7, 11) is 0. The van der Waals surface area contributed by atoms with Gasteiger partial charge in [0.1, 0.15) is 11.5 Å². The van der Waals surface area contributed by atoms with Crippen molar-refractivity contribution in [2.24, 2.45) is 0 Å². The molecule has 1 saturated heterocycles. The molecule has 170 valence electrons. The Kier molecular flexibility index (Phi) is 6.58. The molecule has 2 aromatic carbocycles. The monoisotopic (exact) mass is 445 g/mol. The summed E-state index contributed by atoms with van der Waals surface area (Å²) >= 11 is 0. The minimum Gasteiger partial charge on any atom is -0.507 e. The first-order valence-electron chi connectivity index (χ1n) is 11.0. The topological polar surface area (TPSA) is 84.7 Å². The van der Waals surface area contributed by atoms with Crippen LogP contribution in [-0.4, -0.2) is 43.9 Å². The molecule has 1 amide bonds. The molecule has 1 atom stereocenters. The Bertz CT molecular complexity index is 1140. The maximum atomic E-state index is 13.1. The van der Waals surface area contributed by atoms with Gasteiger partial charge in [0.25, 0.3) is 11.7 Å². The molecule has 0 aliphatic carbocycles. The van der Waals surface area contributed by atoms with Gasteiger partial charge in [0.2, 0.25) is 0 Å². The molecular formula is C26H27N3O4. The number of rotatable bonds is 8. The third kappa shape index (κ3) is 4.82. The van der Waals surface area contributed by atoms with Crippen LogP contribution in [0.2, 0.25) is 0 Å². The summed E-state index contributed by atoms with van der Waals surface area (Å²) in [6, 6.07) is 15.5. The van der Waals surface area contributed by atoms with Gasteiger partial charge in [-0.15, -0.1) is 0 Å². The van der Waals surface area contributed by atoms with E-state index in [0.717, 1.165) is 5.56 Å². The van der Waals surface area contributed by atoms with Crippen LogP contribution in [0.4, 0.5) is 0 Å². The van der Waals surface area contributed by atoms with E-state index in [0.29, 0.717) is 30.8 Å². The number of hydrogen-bond donors (Lipinski definition) is 1. The summed E-state index contributed by atoms with van der Waals surface area (Å²) in [5.41, 5.74) is 1.34. The lowest BCUT2D eigenvalue weighted by Crippen LogP contribution is -2.31. The summed E-state index contributed by atoms with van der Waals surface area (Å²) in [4.78, 5) is 31.7. The lowest BCUT2D eigenvalue weighted by molar-refractivity contribution is -0.139. The number of aliphatic hydroxyl groups is 1. The molecule has 0 radical (unpaired) electrons. The Labute approximate surface area is 192 Å². The van der Waals surface area contributed by atoms with Crippen LogP contribution in [0.25, 0.3) is 5.76 Å². The van der Waals surface area contributed by atoms with Crippen molar-refractivity contribution in [3.63, 3.8) is 0 Å². The lowest BCUT2D eigenvalue weighted by atomic mass is 9.95. The van der Waals surface area contributed by atoms with E-state index < -0.39 is 17.7 Å². The van der Waals surface area contributed by atoms with Crippen LogP contribution in [0, 0.1) is 0 Å². The highest BCUT2D eigenvalue weighted by Crippen LogP contribution is 2.39. The van der Waals surface area contributed by atoms with Gasteiger partial charge in [0.05, 0.1) is 24.0 Å². The van der Waals surface area contributed by atoms with Crippen molar-refractivity contribution in [3.8, 4) is 5.75 Å². The zero-order chi connectivity index (χ0) is 23.4. The molecule has 2 heterocycles. The molecule has 1 fully saturated rings. The normalized spacial score (nSPS) is 17.7. The molecule has 1 aliphatic rings. The Morgan fingerprint density at radius 3 is 2.42 bits per heavy atom. The third-order valence-electron chi connectivity index (χ3n) is 5.53. The van der Waals surface area contributed by atoms with Gasteiger partial charge in [0.15, 0.2) is 0 Å². The number of Topliss-reactive ketones (excluding diaryl/α,β-unsaturated/α-hetero) is 1. The van der Waals surface area contributed by atoms with Gasteiger partial charge in [-0.25, -0.2) is 4.98 Å². The molecule has 0 saturated carbocycles. The van der Waals surface area contributed by atoms with E-state index in [2.05, 4.69) is 4.98 Å². The fourth-order valence-corrected chi connectivity index (χ4v) is 4.05. The van der Waals surface area contributed by atoms with E-state index in [1.54, 1.807) is 41.7 Å². The van der Waals surface area contributed by atoms with Gasteiger partial charge in [-0.05, 0) is 38.0 Å². The van der Waals surface area contributed by atoms with Crippen LogP contribution in [-0.2, 0) is 16.1 Å². The second kappa shape index (κ2) is 9.73. The second-order valence-electron chi connectivity index (χ2n) is 8.25. The number of imidazole rings is 1. The average molecular weight is 446 g/mol. The SMILES string of the molecule is CC(C)Oc1ccc([C@H]2/C(=C(\O)c3ccccc3)C(=O)C(=O)N2CCCn2ccnc2)cc1. The molecule has 1 aromatic heterocycles. The summed E-state index contributed by atoms with van der Waals surface area (Å²) in [5, 5.41) is 11.1. The predicted octanol–water partition coefficient (Wildman–Crippen LogP) is 4.18. The summed E-state index contributed by atoms with van der Waals surface area (Å²) in [6.45, 7) is 4.92. The highest BCUT2D eigenvalue weighted by Gasteiger charge is 2.45. The smallest absolute Gasteiger partial charge is 0.295 e. The number of hydrogen-bond acceptors (Lipinski definition) is 5. The van der Waals surface area contributed by atoms with Crippen LogP contribution < -0.4 is 4.74 Å². The van der Waals surface area contributed by atoms with Gasteiger partial charge in [-0.1, -0.05) is 42.5 Å². The number of aryl methyl sites for hydroxylation is 1. The fraction of sp³-hybridized carbons (Fsp3) is 0.269. The molecule has 1 N–H and O–H groups in total. The predicted molar refractivity (Wildman–Crippen MR) is 125 cm³/mol. The Balaban J connectivity index is 1.70. The van der Waals surface area contributed by atoms with Crippen LogP contribution >= 0.6 is 0 Å². The fourth-order valence-electron chi connectivity index (χ4n) is 4.05. The number of likely N-dealkylation sites (tertiary alicyclic amines) is 1. The molecule has 7 heteroatoms. The van der Waals surface area contributed by atoms with Gasteiger partial charge in [-0.3, -0.25) is 9.59 Å². The molecule has 0 unspecified atom stereocenters. The number of amides is 1. The Morgan fingerprint density at radius 1 is 1.06 bits per heavy atom. The number of ketones is 1. The van der Waals surface area contributed by atoms with Crippen molar-refractivity contribution >= 4 is 17.4 Å². The first kappa shape index (κ1) is 22.3. The van der Waals surface area contributed by atoms with Gasteiger partial charge < -0.3 is 19.3 Å². The Morgan fingerprint density at radius 2 is 1.79 bits per heavy atom. The van der Waals surface area contributed by atoms with Crippen molar-refractivity contribution in [1.29, 1.82) is 0 Å². The number of aliphatic hydroxyl groups excluding tert-OH is 1. The van der Waals surface area contributed by atoms with E-state index in [-0.39, 0.29) is 17.4 Å². The molecule has 3 aromatic rings. The summed E-state index contributed by atoms with van der Waals surface area (Å²) < 4.78 is 7.66. The molecule has 4 rings (SSSR count). The minimum atomic E-state index is -0.680. The van der Waals surface area contributed by atoms with Crippen LogP contribution in [0.5, 0.6) is 5.75 Å². The van der Waals surface area contributed by atoms with Crippen molar-refractivity contribution in [2.75, 3.05) is 6.54 Å². The van der Waals surface area contributed by atoms with Gasteiger partial charge in [0, 0.05) is 31.0 Å². The van der Waals surface area contributed by atoms with Crippen molar-refractivity contribution in [3.05, 3.63) is 90.0 Å². The van der Waals surface area contributed by atoms with E-state index in [1.165, 1.54) is 0 Å². The maximum absolute atomic E-state index is 13.1. The molecule has 0 bridgehead atoms. The highest BCUT2D eigenvalue weighted by molar-refractivity contribution is 6.46. The zero-order valence-corrected chi connectivity index (χ0v) is 18.7. The number of aromatic nitrogens is 2. The summed E-state index contributed by atoms with van der Waals surface area (Å²) in [6.07, 6.45) is 5.94. The molecular weight excluding hydrogens is 418 g/mol. The average Bonchev–Trinajstić information content (AvgIpc) is 3.42. The molecule has 0 spiro atoms. The first-order chi connectivity index (χ1) is 16.0. The third-order valence-corrected chi connectivity index (χ3v) is 5.53. The van der Waals surface area contributed by atoms with Crippen LogP contribution in [0.3, 0.4) is 0 Å². The van der Waals surface area contributed by atoms with E-state index in [1.807, 2.05) is 54.9 Å². The van der Waals surface area contributed by atoms with Crippen molar-refractivity contribution in [1.82, 2.24) is 14.5 Å². The number of ether oxygens (including phenoxy) is 1. The number of carbonyl (C=O) groups excluding carboxylic acids is 2. The Hall–Kier alpha value is -3.87. The van der Waals surface area contributed by atoms with E-state index >= 15 is 0 Å². The van der Waals surface area contributed by atoms with Crippen molar-refractivity contribution < 1.29 is 19.4 Å². The zero-order valence-electron chi connectivity index (χ0n) is 18.7. The second-order valence-corrected chi connectivity index (χ2v) is 8.25. The standard InChI is InChI=1S/C26H27N3O4/c1-18(2)33-21-11-9-19(10-12-21)23-22(24(30)20-7-4-3-5-8-20)25(31)26(32)29(23)15-6-14-28-16-13-27-17-28/h3-5,7-13,16-18,23,30H,6,14-15H2,1-2H3/b24-22+/t23-/m0/s1. The maximum Gasteiger partial charge on any atom is 0.295 e. The van der Waals surface area contributed by atoms with Crippen LogP contribution in [0.1, 0.15) is 37.4 Å². The van der Waals surface area contributed by atoms with Crippen LogP contribution in [0.15, 0.2) is 78.9 Å². The molecule has 1 aliphatic heterocycles. The first-order valence-corrected chi connectivity index (χ1v) is 11.0. The van der Waals surface area contributed by atoms with E-state index in [9.17, 15) is 14.7 Å². The quantitative estimate of drug-likeness (QED) is 0.319. The van der Waals surface area contributed by atoms with Gasteiger partial charge in [-0.2, -0.15) is 0 Å². The lowest BCUT2D eigenvalue weighted by Gasteiger charge is -2.25. The highest BCUT2D eigenvalue weighted by atomic mass is 16.5. The number of carbonyl (C=O) groups is 2. The van der Waals surface area contributed by atoms with E-state index in [4.69, 9.17) is 4.74 Å². The summed E-state index contributed by atoms with van der Waals surface area (Å²) in [5.74, 6) is -0.746. The molecule has 33 heavy (non-hydrogen) atoms. The van der Waals surface area contributed by atoms with Gasteiger partial charge >= 0.3 is 0 Å². The molecule has 7 nitrogen and oxygen atoms in total. The number of nitrogens with zero attached hydrogens (tertiary/aromatic N) is 3. The number of benzene rings is 2. The largest absolute Gasteiger partial charge is 0.507 e.